The molecule has 0 amide bonds. The Balaban J connectivity index is 0.00000264. The Bertz CT molecular complexity index is 489. The first-order valence-corrected chi connectivity index (χ1v) is 8.61. The van der Waals surface area contributed by atoms with E-state index in [2.05, 4.69) is 7.05 Å². The van der Waals surface area contributed by atoms with Crippen molar-refractivity contribution in [2.24, 2.45) is 0 Å². The van der Waals surface area contributed by atoms with Crippen molar-refractivity contribution in [3.63, 3.8) is 0 Å². The van der Waals surface area contributed by atoms with Gasteiger partial charge < -0.3 is 14.3 Å². The molecule has 0 bridgehead atoms. The Hall–Kier alpha value is 0.0439. The number of nitrogens with zero attached hydrogens (tertiary/aromatic N) is 1. The molecule has 4 heteroatoms. The van der Waals surface area contributed by atoms with Crippen molar-refractivity contribution in [3.05, 3.63) is 29.3 Å². The summed E-state index contributed by atoms with van der Waals surface area (Å²) in [5.74, 6) is 0.858. The Labute approximate surface area is 166 Å². The molecule has 1 saturated heterocycles. The molecule has 1 fully saturated rings. The predicted octanol–water partition coefficient (Wildman–Crippen LogP) is 3.62. The van der Waals surface area contributed by atoms with Crippen molar-refractivity contribution in [3.8, 4) is 5.75 Å². The van der Waals surface area contributed by atoms with E-state index in [0.29, 0.717) is 6.61 Å². The third-order valence-electron chi connectivity index (χ3n) is 4.89. The van der Waals surface area contributed by atoms with Crippen LogP contribution in [0, 0.1) is 6.92 Å². The van der Waals surface area contributed by atoms with Gasteiger partial charge in [-0.2, -0.15) is 0 Å². The Morgan fingerprint density at radius 1 is 1.13 bits per heavy atom. The van der Waals surface area contributed by atoms with Gasteiger partial charge in [0.2, 0.25) is 0 Å². The summed E-state index contributed by atoms with van der Waals surface area (Å²) < 4.78 is 7.24. The van der Waals surface area contributed by atoms with Gasteiger partial charge in [0.15, 0.2) is 0 Å². The first kappa shape index (κ1) is 21.1. The SMILES string of the molecule is Cc1cccc(C(C)(C)O)c1OCC[N+]1(C)CCCCCC1.[Y]. The summed E-state index contributed by atoms with van der Waals surface area (Å²) in [7, 11) is 2.35. The molecular weight excluding hydrogens is 363 g/mol. The fraction of sp³-hybridized carbons (Fsp3) is 0.684. The summed E-state index contributed by atoms with van der Waals surface area (Å²) in [6, 6.07) is 6.00. The number of hydrogen-bond donors (Lipinski definition) is 1. The van der Waals surface area contributed by atoms with Gasteiger partial charge in [-0.3, -0.25) is 0 Å². The van der Waals surface area contributed by atoms with Gasteiger partial charge in [-0.15, -0.1) is 0 Å². The second-order valence-electron chi connectivity index (χ2n) is 7.56. The van der Waals surface area contributed by atoms with Gasteiger partial charge in [-0.25, -0.2) is 0 Å². The van der Waals surface area contributed by atoms with E-state index >= 15 is 0 Å². The maximum absolute atomic E-state index is 10.3. The Morgan fingerprint density at radius 3 is 2.30 bits per heavy atom. The third-order valence-corrected chi connectivity index (χ3v) is 4.89. The summed E-state index contributed by atoms with van der Waals surface area (Å²) >= 11 is 0. The summed E-state index contributed by atoms with van der Waals surface area (Å²) in [6.45, 7) is 9.95. The smallest absolute Gasteiger partial charge is 0.137 e. The molecule has 23 heavy (non-hydrogen) atoms. The van der Waals surface area contributed by atoms with Crippen molar-refractivity contribution >= 4 is 0 Å². The number of aliphatic hydroxyl groups is 1. The van der Waals surface area contributed by atoms with E-state index in [1.807, 2.05) is 39.0 Å². The molecule has 1 radical (unpaired) electrons. The molecule has 1 aromatic carbocycles. The average Bonchev–Trinajstić information content (AvgIpc) is 2.64. The molecule has 1 heterocycles. The Kier molecular flexibility index (Phi) is 8.20. The summed E-state index contributed by atoms with van der Waals surface area (Å²) in [5, 5.41) is 10.3. The second kappa shape index (κ2) is 8.94. The van der Waals surface area contributed by atoms with Crippen molar-refractivity contribution in [1.29, 1.82) is 0 Å². The summed E-state index contributed by atoms with van der Waals surface area (Å²) in [5.41, 5.74) is 1.10. The van der Waals surface area contributed by atoms with Gasteiger partial charge in [-0.1, -0.05) is 18.2 Å². The van der Waals surface area contributed by atoms with E-state index in [4.69, 9.17) is 4.74 Å². The zero-order chi connectivity index (χ0) is 16.2. The van der Waals surface area contributed by atoms with Crippen LogP contribution in [0.4, 0.5) is 0 Å². The number of aryl methyl sites for hydroxylation is 1. The first-order valence-electron chi connectivity index (χ1n) is 8.61. The monoisotopic (exact) mass is 395 g/mol. The quantitative estimate of drug-likeness (QED) is 0.772. The number of para-hydroxylation sites is 1. The average molecular weight is 395 g/mol. The first-order chi connectivity index (χ1) is 10.3. The number of likely N-dealkylation sites (N-methyl/N-ethyl adjacent to an activating group) is 1. The van der Waals surface area contributed by atoms with E-state index in [9.17, 15) is 5.11 Å². The van der Waals surface area contributed by atoms with Crippen molar-refractivity contribution in [2.75, 3.05) is 33.3 Å². The minimum Gasteiger partial charge on any atom is -0.487 e. The van der Waals surface area contributed by atoms with Gasteiger partial charge in [0.25, 0.3) is 0 Å². The van der Waals surface area contributed by atoms with Crippen molar-refractivity contribution in [1.82, 2.24) is 0 Å². The van der Waals surface area contributed by atoms with Crippen LogP contribution < -0.4 is 4.74 Å². The minimum absolute atomic E-state index is 0. The molecule has 1 N–H and O–H groups in total. The zero-order valence-electron chi connectivity index (χ0n) is 15.3. The molecule has 1 aromatic rings. The maximum atomic E-state index is 10.3. The molecule has 0 atom stereocenters. The van der Waals surface area contributed by atoms with Crippen LogP contribution in [-0.4, -0.2) is 42.9 Å². The van der Waals surface area contributed by atoms with Crippen LogP contribution in [-0.2, 0) is 38.3 Å². The number of hydrogen-bond acceptors (Lipinski definition) is 2. The van der Waals surface area contributed by atoms with Crippen LogP contribution in [0.5, 0.6) is 5.75 Å². The van der Waals surface area contributed by atoms with E-state index in [-0.39, 0.29) is 32.7 Å². The summed E-state index contributed by atoms with van der Waals surface area (Å²) in [4.78, 5) is 0. The molecular formula is C19H32NO2Y+. The fourth-order valence-corrected chi connectivity index (χ4v) is 3.37. The van der Waals surface area contributed by atoms with Crippen LogP contribution in [0.25, 0.3) is 0 Å². The van der Waals surface area contributed by atoms with E-state index in [1.165, 1.54) is 38.8 Å². The molecule has 0 aromatic heterocycles. The van der Waals surface area contributed by atoms with Gasteiger partial charge >= 0.3 is 0 Å². The molecule has 2 rings (SSSR count). The van der Waals surface area contributed by atoms with Crippen molar-refractivity contribution in [2.45, 2.75) is 52.1 Å². The molecule has 0 aliphatic carbocycles. The molecule has 1 aliphatic heterocycles. The largest absolute Gasteiger partial charge is 0.487 e. The molecule has 3 nitrogen and oxygen atoms in total. The van der Waals surface area contributed by atoms with E-state index in [0.717, 1.165) is 27.9 Å². The van der Waals surface area contributed by atoms with Gasteiger partial charge in [0.1, 0.15) is 18.9 Å². The third kappa shape index (κ3) is 6.12. The maximum Gasteiger partial charge on any atom is 0.137 e. The standard InChI is InChI=1S/C19H32NO2.Y/c1-16-10-9-11-17(19(2,3)21)18(16)22-15-14-20(4)12-7-5-6-8-13-20;/h9-11,21H,5-8,12-15H2,1-4H3;/q+1;. The van der Waals surface area contributed by atoms with E-state index < -0.39 is 5.60 Å². The number of quaternary nitrogens is 1. The van der Waals surface area contributed by atoms with Crippen LogP contribution in [0.2, 0.25) is 0 Å². The number of rotatable bonds is 5. The number of benzene rings is 1. The van der Waals surface area contributed by atoms with Gasteiger partial charge in [-0.05, 0) is 52.0 Å². The Morgan fingerprint density at radius 2 is 1.74 bits per heavy atom. The fourth-order valence-electron chi connectivity index (χ4n) is 3.37. The minimum atomic E-state index is -0.873. The van der Waals surface area contributed by atoms with Crippen LogP contribution in [0.15, 0.2) is 18.2 Å². The van der Waals surface area contributed by atoms with Crippen LogP contribution >= 0.6 is 0 Å². The molecule has 0 saturated carbocycles. The summed E-state index contributed by atoms with van der Waals surface area (Å²) in [6.07, 6.45) is 5.40. The predicted molar refractivity (Wildman–Crippen MR) is 91.2 cm³/mol. The number of ether oxygens (including phenoxy) is 1. The second-order valence-corrected chi connectivity index (χ2v) is 7.56. The van der Waals surface area contributed by atoms with Crippen molar-refractivity contribution < 1.29 is 47.0 Å². The van der Waals surface area contributed by atoms with E-state index in [1.54, 1.807) is 0 Å². The molecule has 0 unspecified atom stereocenters. The molecule has 0 spiro atoms. The van der Waals surface area contributed by atoms with Crippen LogP contribution in [0.3, 0.4) is 0 Å². The van der Waals surface area contributed by atoms with Gasteiger partial charge in [0, 0.05) is 38.3 Å². The number of likely N-dealkylation sites (tertiary alicyclic amines) is 1. The molecule has 127 valence electrons. The topological polar surface area (TPSA) is 29.5 Å². The molecule has 1 aliphatic rings. The van der Waals surface area contributed by atoms with Gasteiger partial charge in [0.05, 0.1) is 25.7 Å². The normalized spacial score (nSPS) is 18.0. The zero-order valence-corrected chi connectivity index (χ0v) is 18.1. The van der Waals surface area contributed by atoms with Crippen LogP contribution in [0.1, 0.15) is 50.7 Å².